The molecule has 1 aromatic heterocycles. The summed E-state index contributed by atoms with van der Waals surface area (Å²) in [5.74, 6) is 0.141. The Labute approximate surface area is 186 Å². The van der Waals surface area contributed by atoms with Crippen molar-refractivity contribution in [2.75, 3.05) is 0 Å². The molecule has 6 heteroatoms. The summed E-state index contributed by atoms with van der Waals surface area (Å²) < 4.78 is 0. The maximum atomic E-state index is 12.7. The molecular weight excluding hydrogens is 414 g/mol. The first-order chi connectivity index (χ1) is 14.1. The second-order valence-electron chi connectivity index (χ2n) is 8.61. The minimum atomic E-state index is -0.446. The Morgan fingerprint density at radius 1 is 1.17 bits per heavy atom. The number of hydrogen-bond donors (Lipinski definition) is 0. The first kappa shape index (κ1) is 21.1. The topological polar surface area (TPSA) is 54.1 Å². The van der Waals surface area contributed by atoms with Crippen LogP contribution in [0, 0.1) is 19.8 Å². The quantitative estimate of drug-likeness (QED) is 0.581. The lowest BCUT2D eigenvalue weighted by Gasteiger charge is -2.27. The van der Waals surface area contributed by atoms with Crippen molar-refractivity contribution < 1.29 is 4.79 Å². The molecule has 0 amide bonds. The van der Waals surface area contributed by atoms with E-state index in [-0.39, 0.29) is 17.7 Å². The Bertz CT molecular complexity index is 1120. The van der Waals surface area contributed by atoms with E-state index >= 15 is 0 Å². The molecule has 4 nitrogen and oxygen atoms in total. The van der Waals surface area contributed by atoms with Crippen molar-refractivity contribution in [1.82, 2.24) is 0 Å². The molecule has 0 saturated carbocycles. The Hall–Kier alpha value is -2.11. The molecule has 2 atom stereocenters. The van der Waals surface area contributed by atoms with Gasteiger partial charge in [0.1, 0.15) is 5.78 Å². The average molecular weight is 440 g/mol. The molecule has 0 radical (unpaired) electrons. The fraction of sp³-hybridized carbons (Fsp3) is 0.417. The van der Waals surface area contributed by atoms with Crippen molar-refractivity contribution >= 4 is 45.9 Å². The molecule has 2 aliphatic rings. The third-order valence-corrected chi connectivity index (χ3v) is 8.06. The zero-order valence-electron chi connectivity index (χ0n) is 18.2. The molecule has 3 heterocycles. The number of halogens is 1. The molecule has 0 aliphatic carbocycles. The number of benzene rings is 1. The molecule has 4 rings (SSSR count). The maximum absolute atomic E-state index is 12.7. The molecule has 0 N–H and O–H groups in total. The van der Waals surface area contributed by atoms with Gasteiger partial charge in [-0.25, -0.2) is 0 Å². The van der Waals surface area contributed by atoms with E-state index in [1.54, 1.807) is 11.3 Å². The standard InChI is InChI=1S/C24H26ClN3OS/c1-12(2)19(29)11-18-22-24(6,15(5)27-28-22)23-20(13(3)14(4)30-23)21(26-18)16-7-9-17(25)10-8-16/h7-10,12,18H,11H2,1-6H3/t18-,24?/m0/s1. The highest BCUT2D eigenvalue weighted by Crippen LogP contribution is 2.45. The molecule has 0 fully saturated rings. The summed E-state index contributed by atoms with van der Waals surface area (Å²) >= 11 is 7.94. The van der Waals surface area contributed by atoms with Crippen molar-refractivity contribution in [3.8, 4) is 0 Å². The van der Waals surface area contributed by atoms with E-state index in [0.717, 1.165) is 28.3 Å². The highest BCUT2D eigenvalue weighted by atomic mass is 35.5. The lowest BCUT2D eigenvalue weighted by Crippen LogP contribution is -2.42. The van der Waals surface area contributed by atoms with Gasteiger partial charge in [0.2, 0.25) is 0 Å². The third-order valence-electron chi connectivity index (χ3n) is 6.38. The van der Waals surface area contributed by atoms with Crippen LogP contribution in [0.3, 0.4) is 0 Å². The average Bonchev–Trinajstić information content (AvgIpc) is 3.13. The third kappa shape index (κ3) is 3.19. The molecule has 1 aromatic carbocycles. The summed E-state index contributed by atoms with van der Waals surface area (Å²) in [5, 5.41) is 9.72. The molecule has 2 aliphatic heterocycles. The van der Waals surface area contributed by atoms with Crippen LogP contribution in [0.5, 0.6) is 0 Å². The predicted octanol–water partition coefficient (Wildman–Crippen LogP) is 5.94. The van der Waals surface area contributed by atoms with E-state index in [1.807, 2.05) is 45.0 Å². The van der Waals surface area contributed by atoms with Gasteiger partial charge in [-0.15, -0.1) is 11.3 Å². The molecule has 2 aromatic rings. The van der Waals surface area contributed by atoms with Crippen LogP contribution in [-0.4, -0.2) is 29.0 Å². The van der Waals surface area contributed by atoms with Gasteiger partial charge in [0.15, 0.2) is 0 Å². The molecule has 0 bridgehead atoms. The summed E-state index contributed by atoms with van der Waals surface area (Å²) in [5.41, 5.74) is 5.66. The van der Waals surface area contributed by atoms with Gasteiger partial charge in [-0.2, -0.15) is 10.2 Å². The van der Waals surface area contributed by atoms with Gasteiger partial charge in [0.05, 0.1) is 28.6 Å². The number of carbonyl (C=O) groups excluding carboxylic acids is 1. The first-order valence-electron chi connectivity index (χ1n) is 10.2. The van der Waals surface area contributed by atoms with Gasteiger partial charge >= 0.3 is 0 Å². The first-order valence-corrected chi connectivity index (χ1v) is 11.4. The van der Waals surface area contributed by atoms with Crippen molar-refractivity contribution in [2.45, 2.75) is 59.4 Å². The van der Waals surface area contributed by atoms with Crippen LogP contribution < -0.4 is 0 Å². The minimum Gasteiger partial charge on any atom is -0.299 e. The maximum Gasteiger partial charge on any atom is 0.137 e. The van der Waals surface area contributed by atoms with E-state index in [1.165, 1.54) is 15.3 Å². The van der Waals surface area contributed by atoms with E-state index in [9.17, 15) is 4.79 Å². The van der Waals surface area contributed by atoms with Gasteiger partial charge in [0, 0.05) is 38.2 Å². The summed E-state index contributed by atoms with van der Waals surface area (Å²) in [7, 11) is 0. The number of hydrogen-bond acceptors (Lipinski definition) is 5. The SMILES string of the molecule is CC1=NN=C2[C@H](CC(=O)C(C)C)N=C(c3ccc(Cl)cc3)c3c(sc(C)c3C)C12C. The van der Waals surface area contributed by atoms with Crippen LogP contribution >= 0.6 is 22.9 Å². The number of thiophene rings is 1. The van der Waals surface area contributed by atoms with Gasteiger partial charge < -0.3 is 0 Å². The van der Waals surface area contributed by atoms with Crippen molar-refractivity contribution in [3.63, 3.8) is 0 Å². The Balaban J connectivity index is 2.00. The number of ketones is 1. The van der Waals surface area contributed by atoms with Gasteiger partial charge in [-0.05, 0) is 45.4 Å². The Morgan fingerprint density at radius 3 is 2.47 bits per heavy atom. The van der Waals surface area contributed by atoms with E-state index in [4.69, 9.17) is 16.6 Å². The summed E-state index contributed by atoms with van der Waals surface area (Å²) in [6.07, 6.45) is 0.332. The van der Waals surface area contributed by atoms with Crippen LogP contribution in [-0.2, 0) is 10.2 Å². The van der Waals surface area contributed by atoms with Crippen LogP contribution in [0.15, 0.2) is 39.5 Å². The Morgan fingerprint density at radius 2 is 1.83 bits per heavy atom. The number of aliphatic imine (C=N–C) groups is 1. The van der Waals surface area contributed by atoms with Crippen LogP contribution in [0.1, 0.15) is 60.6 Å². The molecule has 156 valence electrons. The van der Waals surface area contributed by atoms with Crippen LogP contribution in [0.2, 0.25) is 5.02 Å². The van der Waals surface area contributed by atoms with Crippen molar-refractivity contribution in [3.05, 3.63) is 55.7 Å². The Kier molecular flexibility index (Phi) is 5.31. The van der Waals surface area contributed by atoms with Crippen LogP contribution in [0.25, 0.3) is 0 Å². The molecule has 1 unspecified atom stereocenters. The normalized spacial score (nSPS) is 22.8. The highest BCUT2D eigenvalue weighted by Gasteiger charge is 2.49. The second-order valence-corrected chi connectivity index (χ2v) is 10.3. The monoisotopic (exact) mass is 439 g/mol. The lowest BCUT2D eigenvalue weighted by atomic mass is 9.74. The molecule has 0 spiro atoms. The van der Waals surface area contributed by atoms with E-state index in [0.29, 0.717) is 11.4 Å². The van der Waals surface area contributed by atoms with Gasteiger partial charge in [-0.3, -0.25) is 9.79 Å². The number of rotatable bonds is 4. The van der Waals surface area contributed by atoms with E-state index < -0.39 is 5.41 Å². The fourth-order valence-corrected chi connectivity index (χ4v) is 5.63. The summed E-state index contributed by atoms with van der Waals surface area (Å²) in [4.78, 5) is 20.4. The lowest BCUT2D eigenvalue weighted by molar-refractivity contribution is -0.121. The largest absolute Gasteiger partial charge is 0.299 e. The van der Waals surface area contributed by atoms with E-state index in [2.05, 4.69) is 31.0 Å². The fourth-order valence-electron chi connectivity index (χ4n) is 4.14. The van der Waals surface area contributed by atoms with Gasteiger partial charge in [-0.1, -0.05) is 37.6 Å². The molecule has 0 saturated heterocycles. The smallest absolute Gasteiger partial charge is 0.137 e. The number of nitrogens with zero attached hydrogens (tertiary/aromatic N) is 3. The minimum absolute atomic E-state index is 0.0456. The molecular formula is C24H26ClN3OS. The summed E-state index contributed by atoms with van der Waals surface area (Å²) in [6.45, 7) is 12.4. The van der Waals surface area contributed by atoms with Crippen LogP contribution in [0.4, 0.5) is 0 Å². The zero-order valence-corrected chi connectivity index (χ0v) is 19.8. The number of aryl methyl sites for hydroxylation is 1. The summed E-state index contributed by atoms with van der Waals surface area (Å²) in [6, 6.07) is 7.45. The number of Topliss-reactive ketones (excluding diaryl/α,β-unsaturated/α-hetero) is 1. The zero-order chi connectivity index (χ0) is 21.8. The van der Waals surface area contributed by atoms with Crippen molar-refractivity contribution in [2.24, 2.45) is 21.1 Å². The highest BCUT2D eigenvalue weighted by molar-refractivity contribution is 7.13. The predicted molar refractivity (Wildman–Crippen MR) is 127 cm³/mol. The van der Waals surface area contributed by atoms with Gasteiger partial charge in [0.25, 0.3) is 0 Å². The van der Waals surface area contributed by atoms with Crippen molar-refractivity contribution in [1.29, 1.82) is 0 Å². The second kappa shape index (κ2) is 7.54. The number of carbonyl (C=O) groups is 1. The molecule has 30 heavy (non-hydrogen) atoms. The number of fused-ring (bicyclic) bond motifs is 3.